The largest absolute Gasteiger partial charge is 0.368 e. The summed E-state index contributed by atoms with van der Waals surface area (Å²) < 4.78 is 16.5. The van der Waals surface area contributed by atoms with Crippen molar-refractivity contribution in [3.8, 4) is 0 Å². The van der Waals surface area contributed by atoms with Gasteiger partial charge in [-0.1, -0.05) is 6.07 Å². The number of piperazine rings is 1. The van der Waals surface area contributed by atoms with Gasteiger partial charge in [0.1, 0.15) is 5.69 Å². The number of pyridine rings is 1. The van der Waals surface area contributed by atoms with Crippen molar-refractivity contribution in [2.45, 2.75) is 33.4 Å². The van der Waals surface area contributed by atoms with Gasteiger partial charge < -0.3 is 15.2 Å². The number of aromatic nitrogens is 3. The van der Waals surface area contributed by atoms with E-state index in [1.165, 1.54) is 0 Å². The zero-order valence-corrected chi connectivity index (χ0v) is 19.8. The van der Waals surface area contributed by atoms with E-state index in [0.717, 1.165) is 29.0 Å². The van der Waals surface area contributed by atoms with Gasteiger partial charge in [0.25, 0.3) is 11.5 Å². The van der Waals surface area contributed by atoms with Crippen LogP contribution in [0, 0.1) is 12.7 Å². The van der Waals surface area contributed by atoms with Crippen LogP contribution < -0.4 is 21.5 Å². The Hall–Kier alpha value is -3.53. The highest BCUT2D eigenvalue weighted by atomic mass is 19.1. The van der Waals surface area contributed by atoms with Crippen molar-refractivity contribution in [1.29, 1.82) is 0 Å². The Morgan fingerprint density at radius 1 is 1.18 bits per heavy atom. The minimum Gasteiger partial charge on any atom is -0.368 e. The molecular weight excluding hydrogens is 439 g/mol. The molecule has 0 radical (unpaired) electrons. The smallest absolute Gasteiger partial charge is 0.328 e. The zero-order valence-electron chi connectivity index (χ0n) is 19.8. The number of anilines is 1. The number of rotatable bonds is 5. The molecule has 0 saturated carbocycles. The number of carbonyl (C=O) groups is 1. The Bertz CT molecular complexity index is 1360. The standard InChI is InChI=1S/C24H29FN6O3/c1-5-31-23(33)17-7-6-16(20(25)21(17)28-24(31)34)15(3)29-10-12-30(13-11-29)19-9-8-18(22(32)26-4)27-14(19)2/h6-9,15H,5,10-13H2,1-4H3,(H,26,32)(H,28,34). The van der Waals surface area contributed by atoms with E-state index in [0.29, 0.717) is 24.3 Å². The molecule has 2 N–H and O–H groups in total. The van der Waals surface area contributed by atoms with Gasteiger partial charge in [0.2, 0.25) is 0 Å². The molecule has 34 heavy (non-hydrogen) atoms. The molecule has 1 saturated heterocycles. The molecule has 180 valence electrons. The van der Waals surface area contributed by atoms with Gasteiger partial charge >= 0.3 is 5.69 Å². The summed E-state index contributed by atoms with van der Waals surface area (Å²) in [5.41, 5.74) is 1.44. The molecule has 0 aliphatic carbocycles. The summed E-state index contributed by atoms with van der Waals surface area (Å²) in [6.07, 6.45) is 0. The molecule has 1 aliphatic heterocycles. The predicted octanol–water partition coefficient (Wildman–Crippen LogP) is 1.80. The molecule has 1 fully saturated rings. The number of aromatic amines is 1. The molecular formula is C24H29FN6O3. The van der Waals surface area contributed by atoms with Crippen LogP contribution in [0.15, 0.2) is 33.9 Å². The average molecular weight is 469 g/mol. The molecule has 0 spiro atoms. The number of nitrogens with one attached hydrogen (secondary N) is 2. The molecule has 9 nitrogen and oxygen atoms in total. The number of aryl methyl sites for hydroxylation is 1. The number of fused-ring (bicyclic) bond motifs is 1. The summed E-state index contributed by atoms with van der Waals surface area (Å²) in [5, 5.41) is 2.75. The fourth-order valence-electron chi connectivity index (χ4n) is 4.60. The van der Waals surface area contributed by atoms with Crippen LogP contribution in [-0.2, 0) is 6.54 Å². The number of hydrogen-bond donors (Lipinski definition) is 2. The van der Waals surface area contributed by atoms with E-state index < -0.39 is 17.1 Å². The van der Waals surface area contributed by atoms with Crippen LogP contribution in [0.5, 0.6) is 0 Å². The first-order valence-corrected chi connectivity index (χ1v) is 11.4. The molecule has 10 heteroatoms. The highest BCUT2D eigenvalue weighted by Gasteiger charge is 2.26. The normalized spacial score (nSPS) is 15.5. The lowest BCUT2D eigenvalue weighted by Gasteiger charge is -2.39. The maximum absolute atomic E-state index is 15.4. The number of carbonyl (C=O) groups excluding carboxylic acids is 1. The molecule has 1 aromatic carbocycles. The van der Waals surface area contributed by atoms with Crippen molar-refractivity contribution in [2.75, 3.05) is 38.1 Å². The monoisotopic (exact) mass is 468 g/mol. The van der Waals surface area contributed by atoms with Gasteiger partial charge in [0.15, 0.2) is 5.82 Å². The predicted molar refractivity (Wildman–Crippen MR) is 129 cm³/mol. The first-order chi connectivity index (χ1) is 16.3. The Morgan fingerprint density at radius 3 is 2.50 bits per heavy atom. The molecule has 1 atom stereocenters. The SMILES string of the molecule is CCn1c(=O)[nH]c2c(F)c(C(C)N3CCN(c4ccc(C(=O)NC)nc4C)CC3)ccc2c1=O. The zero-order chi connectivity index (χ0) is 24.6. The second-order valence-electron chi connectivity index (χ2n) is 8.45. The number of H-pyrrole nitrogens is 1. The lowest BCUT2D eigenvalue weighted by Crippen LogP contribution is -2.47. The minimum absolute atomic E-state index is 0.0411. The lowest BCUT2D eigenvalue weighted by atomic mass is 10.0. The molecule has 3 heterocycles. The Morgan fingerprint density at radius 2 is 1.88 bits per heavy atom. The maximum Gasteiger partial charge on any atom is 0.328 e. The van der Waals surface area contributed by atoms with Gasteiger partial charge in [-0.25, -0.2) is 14.2 Å². The number of hydrogen-bond acceptors (Lipinski definition) is 6. The van der Waals surface area contributed by atoms with Gasteiger partial charge in [-0.2, -0.15) is 0 Å². The third-order valence-electron chi connectivity index (χ3n) is 6.61. The van der Waals surface area contributed by atoms with Gasteiger partial charge in [-0.05, 0) is 39.0 Å². The number of amides is 1. The Labute approximate surface area is 196 Å². The number of benzene rings is 1. The van der Waals surface area contributed by atoms with E-state index in [-0.39, 0.29) is 29.4 Å². The van der Waals surface area contributed by atoms with Crippen molar-refractivity contribution in [2.24, 2.45) is 0 Å². The van der Waals surface area contributed by atoms with Crippen molar-refractivity contribution in [3.63, 3.8) is 0 Å². The van der Waals surface area contributed by atoms with Crippen molar-refractivity contribution < 1.29 is 9.18 Å². The fourth-order valence-corrected chi connectivity index (χ4v) is 4.60. The summed E-state index contributed by atoms with van der Waals surface area (Å²) in [5.74, 6) is -0.782. The molecule has 3 aromatic rings. The summed E-state index contributed by atoms with van der Waals surface area (Å²) >= 11 is 0. The fraction of sp³-hybridized carbons (Fsp3) is 0.417. The summed E-state index contributed by atoms with van der Waals surface area (Å²) in [6.45, 7) is 8.57. The van der Waals surface area contributed by atoms with E-state index >= 15 is 4.39 Å². The van der Waals surface area contributed by atoms with Crippen molar-refractivity contribution in [3.05, 3.63) is 67.9 Å². The highest BCUT2D eigenvalue weighted by molar-refractivity contribution is 5.92. The first-order valence-electron chi connectivity index (χ1n) is 11.4. The van der Waals surface area contributed by atoms with Crippen LogP contribution in [0.25, 0.3) is 10.9 Å². The third kappa shape index (κ3) is 4.09. The summed E-state index contributed by atoms with van der Waals surface area (Å²) in [4.78, 5) is 47.9. The van der Waals surface area contributed by atoms with Crippen molar-refractivity contribution in [1.82, 2.24) is 24.8 Å². The van der Waals surface area contributed by atoms with Gasteiger partial charge in [0.05, 0.1) is 22.3 Å². The van der Waals surface area contributed by atoms with Crippen LogP contribution >= 0.6 is 0 Å². The quantitative estimate of drug-likeness (QED) is 0.592. The summed E-state index contributed by atoms with van der Waals surface area (Å²) in [6, 6.07) is 6.62. The topological polar surface area (TPSA) is 103 Å². The first kappa shape index (κ1) is 23.6. The number of nitrogens with zero attached hydrogens (tertiary/aromatic N) is 4. The minimum atomic E-state index is -0.608. The Kier molecular flexibility index (Phi) is 6.52. The number of halogens is 1. The van der Waals surface area contributed by atoms with Crippen LogP contribution in [0.2, 0.25) is 0 Å². The van der Waals surface area contributed by atoms with Crippen LogP contribution in [0.3, 0.4) is 0 Å². The van der Waals surface area contributed by atoms with Crippen molar-refractivity contribution >= 4 is 22.5 Å². The van der Waals surface area contributed by atoms with E-state index in [2.05, 4.69) is 25.1 Å². The second-order valence-corrected chi connectivity index (χ2v) is 8.45. The maximum atomic E-state index is 15.4. The molecule has 0 bridgehead atoms. The van der Waals surface area contributed by atoms with Gasteiger partial charge in [-0.15, -0.1) is 0 Å². The van der Waals surface area contributed by atoms with Crippen LogP contribution in [0.1, 0.15) is 41.6 Å². The average Bonchev–Trinajstić information content (AvgIpc) is 2.84. The molecule has 4 rings (SSSR count). The van der Waals surface area contributed by atoms with Gasteiger partial charge in [0, 0.05) is 51.4 Å². The molecule has 1 aliphatic rings. The van der Waals surface area contributed by atoms with Gasteiger partial charge in [-0.3, -0.25) is 19.1 Å². The van der Waals surface area contributed by atoms with E-state index in [1.807, 2.05) is 19.9 Å². The Balaban J connectivity index is 1.53. The highest BCUT2D eigenvalue weighted by Crippen LogP contribution is 2.28. The second kappa shape index (κ2) is 9.38. The van der Waals surface area contributed by atoms with E-state index in [4.69, 9.17) is 0 Å². The summed E-state index contributed by atoms with van der Waals surface area (Å²) in [7, 11) is 1.57. The third-order valence-corrected chi connectivity index (χ3v) is 6.61. The van der Waals surface area contributed by atoms with E-state index in [1.54, 1.807) is 32.2 Å². The van der Waals surface area contributed by atoms with E-state index in [9.17, 15) is 14.4 Å². The van der Waals surface area contributed by atoms with Crippen LogP contribution in [-0.4, -0.2) is 58.6 Å². The molecule has 2 aromatic heterocycles. The van der Waals surface area contributed by atoms with Crippen LogP contribution in [0.4, 0.5) is 10.1 Å². The molecule has 1 unspecified atom stereocenters. The molecule has 1 amide bonds. The lowest BCUT2D eigenvalue weighted by molar-refractivity contribution is 0.0958.